The highest BCUT2D eigenvalue weighted by Crippen LogP contribution is 2.35. The molecule has 2 heterocycles. The van der Waals surface area contributed by atoms with Crippen molar-refractivity contribution in [2.45, 2.75) is 43.9 Å². The van der Waals surface area contributed by atoms with Crippen LogP contribution in [-0.2, 0) is 9.47 Å². The predicted molar refractivity (Wildman–Crippen MR) is 70.5 cm³/mol. The highest BCUT2D eigenvalue weighted by molar-refractivity contribution is 4.86. The van der Waals surface area contributed by atoms with E-state index in [1.807, 2.05) is 0 Å². The van der Waals surface area contributed by atoms with Gasteiger partial charge in [-0.2, -0.15) is 0 Å². The van der Waals surface area contributed by atoms with Crippen LogP contribution in [0.3, 0.4) is 0 Å². The molecule has 0 aromatic rings. The normalized spacial score (nSPS) is 33.5. The van der Waals surface area contributed by atoms with Gasteiger partial charge in [-0.3, -0.25) is 0 Å². The van der Waals surface area contributed by atoms with Crippen LogP contribution in [0.5, 0.6) is 0 Å². The van der Waals surface area contributed by atoms with Crippen LogP contribution in [0.4, 0.5) is 0 Å². The molecule has 1 aliphatic carbocycles. The molecular formula is C14H26N2O2. The highest BCUT2D eigenvalue weighted by atomic mass is 16.7. The zero-order valence-electron chi connectivity index (χ0n) is 11.5. The summed E-state index contributed by atoms with van der Waals surface area (Å²) in [7, 11) is 2.22. The summed E-state index contributed by atoms with van der Waals surface area (Å²) < 4.78 is 11.5. The van der Waals surface area contributed by atoms with E-state index in [9.17, 15) is 0 Å². The maximum absolute atomic E-state index is 5.77. The molecule has 0 bridgehead atoms. The lowest BCUT2D eigenvalue weighted by Crippen LogP contribution is -2.43. The van der Waals surface area contributed by atoms with Crippen LogP contribution in [0.25, 0.3) is 0 Å². The van der Waals surface area contributed by atoms with E-state index in [-0.39, 0.29) is 5.79 Å². The Kier molecular flexibility index (Phi) is 3.89. The van der Waals surface area contributed by atoms with Gasteiger partial charge in [0.15, 0.2) is 5.79 Å². The van der Waals surface area contributed by atoms with Crippen LogP contribution in [-0.4, -0.2) is 56.6 Å². The Bertz CT molecular complexity index is 269. The van der Waals surface area contributed by atoms with E-state index in [1.165, 1.54) is 38.9 Å². The quantitative estimate of drug-likeness (QED) is 0.821. The van der Waals surface area contributed by atoms with Crippen molar-refractivity contribution in [1.82, 2.24) is 10.2 Å². The Hall–Kier alpha value is -0.160. The Labute approximate surface area is 110 Å². The van der Waals surface area contributed by atoms with Crippen molar-refractivity contribution in [3.8, 4) is 0 Å². The molecule has 0 aromatic heterocycles. The molecule has 1 N–H and O–H groups in total. The second-order valence-electron chi connectivity index (χ2n) is 6.21. The summed E-state index contributed by atoms with van der Waals surface area (Å²) in [5.74, 6) is 0.649. The fourth-order valence-electron chi connectivity index (χ4n) is 3.57. The van der Waals surface area contributed by atoms with E-state index >= 15 is 0 Å². The van der Waals surface area contributed by atoms with Gasteiger partial charge in [0.05, 0.1) is 13.2 Å². The Balaban J connectivity index is 1.38. The second-order valence-corrected chi connectivity index (χ2v) is 6.21. The zero-order chi connectivity index (χ0) is 12.4. The zero-order valence-corrected chi connectivity index (χ0v) is 11.5. The van der Waals surface area contributed by atoms with Crippen molar-refractivity contribution >= 4 is 0 Å². The van der Waals surface area contributed by atoms with Crippen molar-refractivity contribution < 1.29 is 9.47 Å². The van der Waals surface area contributed by atoms with E-state index in [2.05, 4.69) is 17.3 Å². The molecule has 2 saturated heterocycles. The Morgan fingerprint density at radius 3 is 2.50 bits per heavy atom. The van der Waals surface area contributed by atoms with Crippen LogP contribution in [0.1, 0.15) is 32.1 Å². The summed E-state index contributed by atoms with van der Waals surface area (Å²) in [4.78, 5) is 2.43. The molecule has 1 spiro atoms. The van der Waals surface area contributed by atoms with Gasteiger partial charge in [-0.15, -0.1) is 0 Å². The summed E-state index contributed by atoms with van der Waals surface area (Å²) in [6.07, 6.45) is 5.88. The molecule has 104 valence electrons. The Morgan fingerprint density at radius 1 is 1.17 bits per heavy atom. The molecule has 0 amide bonds. The van der Waals surface area contributed by atoms with Crippen molar-refractivity contribution in [2.75, 3.05) is 39.9 Å². The lowest BCUT2D eigenvalue weighted by molar-refractivity contribution is -0.179. The van der Waals surface area contributed by atoms with Crippen LogP contribution < -0.4 is 5.32 Å². The fraction of sp³-hybridized carbons (Fsp3) is 1.00. The fourth-order valence-corrected chi connectivity index (χ4v) is 3.57. The molecule has 0 aromatic carbocycles. The van der Waals surface area contributed by atoms with Crippen molar-refractivity contribution in [3.05, 3.63) is 0 Å². The number of likely N-dealkylation sites (tertiary alicyclic amines) is 1. The first-order valence-corrected chi connectivity index (χ1v) is 7.46. The maximum Gasteiger partial charge on any atom is 0.168 e. The number of hydrogen-bond acceptors (Lipinski definition) is 4. The molecule has 3 rings (SSSR count). The standard InChI is InChI=1S/C14H26N2O2/c1-16-7-4-12(11-16)10-15-13-2-5-14(6-3-13)17-8-9-18-14/h12-13,15H,2-11H2,1H3. The van der Waals surface area contributed by atoms with Crippen LogP contribution in [0, 0.1) is 5.92 Å². The number of ether oxygens (including phenoxy) is 2. The first-order chi connectivity index (χ1) is 8.76. The SMILES string of the molecule is CN1CCC(CNC2CCC3(CC2)OCCO3)C1. The monoisotopic (exact) mass is 254 g/mol. The predicted octanol–water partition coefficient (Wildman–Crippen LogP) is 1.21. The van der Waals surface area contributed by atoms with Crippen molar-refractivity contribution in [2.24, 2.45) is 5.92 Å². The maximum atomic E-state index is 5.77. The average molecular weight is 254 g/mol. The van der Waals surface area contributed by atoms with Gasteiger partial charge in [0.2, 0.25) is 0 Å². The van der Waals surface area contributed by atoms with Crippen molar-refractivity contribution in [3.63, 3.8) is 0 Å². The molecule has 3 fully saturated rings. The third-order valence-electron chi connectivity index (χ3n) is 4.75. The summed E-state index contributed by atoms with van der Waals surface area (Å²) >= 11 is 0. The smallest absolute Gasteiger partial charge is 0.168 e. The summed E-state index contributed by atoms with van der Waals surface area (Å²) in [6, 6.07) is 0.675. The summed E-state index contributed by atoms with van der Waals surface area (Å²) in [5, 5.41) is 3.75. The molecular weight excluding hydrogens is 228 g/mol. The van der Waals surface area contributed by atoms with E-state index in [0.717, 1.165) is 32.0 Å². The van der Waals surface area contributed by atoms with Gasteiger partial charge in [0.25, 0.3) is 0 Å². The van der Waals surface area contributed by atoms with Gasteiger partial charge in [-0.05, 0) is 45.3 Å². The first-order valence-electron chi connectivity index (χ1n) is 7.46. The van der Waals surface area contributed by atoms with Gasteiger partial charge in [-0.1, -0.05) is 0 Å². The molecule has 1 unspecified atom stereocenters. The van der Waals surface area contributed by atoms with Crippen molar-refractivity contribution in [1.29, 1.82) is 0 Å². The molecule has 3 aliphatic rings. The Morgan fingerprint density at radius 2 is 1.89 bits per heavy atom. The second kappa shape index (κ2) is 5.45. The highest BCUT2D eigenvalue weighted by Gasteiger charge is 2.40. The van der Waals surface area contributed by atoms with Gasteiger partial charge in [0, 0.05) is 25.4 Å². The molecule has 0 radical (unpaired) electrons. The number of rotatable bonds is 3. The average Bonchev–Trinajstić information content (AvgIpc) is 2.99. The molecule has 1 atom stereocenters. The van der Waals surface area contributed by atoms with E-state index in [1.54, 1.807) is 0 Å². The van der Waals surface area contributed by atoms with Gasteiger partial charge < -0.3 is 19.7 Å². The van der Waals surface area contributed by atoms with Crippen LogP contribution in [0.15, 0.2) is 0 Å². The molecule has 2 aliphatic heterocycles. The molecule has 18 heavy (non-hydrogen) atoms. The molecule has 4 heteroatoms. The third-order valence-corrected chi connectivity index (χ3v) is 4.75. The largest absolute Gasteiger partial charge is 0.348 e. The number of nitrogens with one attached hydrogen (secondary N) is 1. The minimum Gasteiger partial charge on any atom is -0.348 e. The van der Waals surface area contributed by atoms with Crippen LogP contribution in [0.2, 0.25) is 0 Å². The van der Waals surface area contributed by atoms with Gasteiger partial charge >= 0.3 is 0 Å². The lowest BCUT2D eigenvalue weighted by atomic mass is 9.89. The topological polar surface area (TPSA) is 33.7 Å². The summed E-state index contributed by atoms with van der Waals surface area (Å²) in [6.45, 7) is 5.28. The van der Waals surface area contributed by atoms with Gasteiger partial charge in [0.1, 0.15) is 0 Å². The van der Waals surface area contributed by atoms with E-state index < -0.39 is 0 Å². The van der Waals surface area contributed by atoms with E-state index in [0.29, 0.717) is 6.04 Å². The van der Waals surface area contributed by atoms with Crippen LogP contribution >= 0.6 is 0 Å². The van der Waals surface area contributed by atoms with Gasteiger partial charge in [-0.25, -0.2) is 0 Å². The van der Waals surface area contributed by atoms with E-state index in [4.69, 9.17) is 9.47 Å². The number of hydrogen-bond donors (Lipinski definition) is 1. The first kappa shape index (κ1) is 12.9. The minimum atomic E-state index is -0.203. The lowest BCUT2D eigenvalue weighted by Gasteiger charge is -2.36. The third kappa shape index (κ3) is 2.87. The summed E-state index contributed by atoms with van der Waals surface area (Å²) in [5.41, 5.74) is 0. The minimum absolute atomic E-state index is 0.203. The molecule has 1 saturated carbocycles. The molecule has 4 nitrogen and oxygen atoms in total. The number of nitrogens with zero attached hydrogens (tertiary/aromatic N) is 1.